The van der Waals surface area contributed by atoms with Crippen molar-refractivity contribution < 1.29 is 22.4 Å². The van der Waals surface area contributed by atoms with E-state index in [0.29, 0.717) is 0 Å². The number of hydrogen-bond acceptors (Lipinski definition) is 1. The van der Waals surface area contributed by atoms with E-state index in [9.17, 15) is 4.79 Å². The number of quaternary nitrogens is 1. The van der Waals surface area contributed by atoms with Gasteiger partial charge in [-0.05, 0) is 126 Å². The zero-order valence-electron chi connectivity index (χ0n) is 48.3. The van der Waals surface area contributed by atoms with Crippen molar-refractivity contribution in [1.82, 2.24) is 0 Å². The molecule has 85 heavy (non-hydrogen) atoms. The van der Waals surface area contributed by atoms with Crippen molar-refractivity contribution in [3.8, 4) is 66.8 Å². The van der Waals surface area contributed by atoms with E-state index in [2.05, 4.69) is 148 Å². The molecule has 11 aromatic rings. The van der Waals surface area contributed by atoms with Crippen LogP contribution in [-0.4, -0.2) is 43.8 Å². The van der Waals surface area contributed by atoms with Crippen LogP contribution in [0.25, 0.3) is 66.8 Å². The topological polar surface area (TPSA) is 29.1 Å². The molecule has 0 aromatic heterocycles. The number of fused-ring (bicyclic) bond motifs is 1. The van der Waals surface area contributed by atoms with E-state index in [0.717, 1.165) is 91.7 Å². The van der Waals surface area contributed by atoms with Crippen LogP contribution in [0.15, 0.2) is 273 Å². The fourth-order valence-electron chi connectivity index (χ4n) is 13.4. The lowest BCUT2D eigenvalue weighted by Crippen LogP contribution is -2.51. The molecule has 1 fully saturated rings. The second-order valence-electron chi connectivity index (χ2n) is 24.2. The van der Waals surface area contributed by atoms with E-state index in [1.54, 1.807) is 66.7 Å². The molecule has 3 nitrogen and oxygen atoms in total. The number of anilines is 1. The molecular weight excluding hydrogens is 1050 g/mol. The van der Waals surface area contributed by atoms with Crippen molar-refractivity contribution >= 4 is 11.6 Å². The number of amides is 1. The number of nitrogens with zero attached hydrogens (tertiary/aromatic N) is 1. The summed E-state index contributed by atoms with van der Waals surface area (Å²) in [5, 5.41) is 3.03. The molecule has 2 aliphatic rings. The largest absolute Gasteiger partial charge is 0.406 e. The summed E-state index contributed by atoms with van der Waals surface area (Å²) >= 11 is 0. The lowest BCUT2D eigenvalue weighted by Gasteiger charge is -2.45. The highest BCUT2D eigenvalue weighted by molar-refractivity contribution is 6.08. The highest BCUT2D eigenvalue weighted by Crippen LogP contribution is 2.52. The Kier molecular flexibility index (Phi) is 14.0. The maximum Gasteiger partial charge on any atom is 0.406 e. The summed E-state index contributed by atoms with van der Waals surface area (Å²) in [5.41, 5.74) is 16.1. The number of para-hydroxylation sites is 1. The minimum Gasteiger partial charge on any atom is -0.328 e. The van der Waals surface area contributed by atoms with Crippen LogP contribution in [0.5, 0.6) is 0 Å². The molecule has 1 saturated heterocycles. The third kappa shape index (κ3) is 9.98. The fraction of sp³-hybridized carbons (Fsp3) is 0.152. The van der Waals surface area contributed by atoms with E-state index in [4.69, 9.17) is 0 Å². The van der Waals surface area contributed by atoms with Crippen molar-refractivity contribution in [1.29, 1.82) is 0 Å². The van der Waals surface area contributed by atoms with E-state index in [1.165, 1.54) is 38.9 Å². The molecular formula is C79H66F3N2O+. The van der Waals surface area contributed by atoms with Gasteiger partial charge in [-0.15, -0.1) is 0 Å². The average molecular weight is 1120 g/mol. The van der Waals surface area contributed by atoms with Crippen molar-refractivity contribution in [2.24, 2.45) is 0 Å². The third-order valence-corrected chi connectivity index (χ3v) is 18.8. The molecule has 0 radical (unpaired) electrons. The Labute approximate surface area is 497 Å². The number of piperidine rings is 1. The second-order valence-corrected chi connectivity index (χ2v) is 24.2. The summed E-state index contributed by atoms with van der Waals surface area (Å²) in [6.45, 7) is 6.24. The molecule has 2 atom stereocenters. The van der Waals surface area contributed by atoms with Gasteiger partial charge in [0.25, 0.3) is 0 Å². The first kappa shape index (κ1) is 54.9. The van der Waals surface area contributed by atoms with Gasteiger partial charge in [-0.1, -0.05) is 272 Å². The summed E-state index contributed by atoms with van der Waals surface area (Å²) in [5.74, 6) is -0.0515. The Hall–Kier alpha value is -9.36. The first-order valence-corrected chi connectivity index (χ1v) is 29.4. The number of benzene rings is 11. The number of aryl methyl sites for hydroxylation is 1. The SMILES string of the molecule is Cc1ccc(-c2ccc(-c3ccc(C4(c5ccc(-c6ccc(-c7ccc(C(c8ccccc8)(c8ccc(-c9ccc(-c%10ccc(C%11(C)C(=O)Nc%12ccccc%12%11)cc%10)cc9)cc8)C(F)(F)F)cc7)cc6)cc5)CC[N+](C)(C)CC4)cc3)cc2)cc1. The van der Waals surface area contributed by atoms with Crippen molar-refractivity contribution in [2.45, 2.75) is 49.1 Å². The second kappa shape index (κ2) is 21.7. The van der Waals surface area contributed by atoms with E-state index < -0.39 is 17.0 Å². The van der Waals surface area contributed by atoms with Crippen molar-refractivity contribution in [3.63, 3.8) is 0 Å². The first-order chi connectivity index (χ1) is 41.1. The molecule has 1 N–H and O–H groups in total. The molecule has 2 heterocycles. The van der Waals surface area contributed by atoms with Crippen molar-refractivity contribution in [2.75, 3.05) is 32.5 Å². The monoisotopic (exact) mass is 1120 g/mol. The van der Waals surface area contributed by atoms with Gasteiger partial charge in [0.1, 0.15) is 5.41 Å². The quantitative estimate of drug-likeness (QED) is 0.0959. The summed E-state index contributed by atoms with van der Waals surface area (Å²) in [7, 11) is 4.66. The van der Waals surface area contributed by atoms with Gasteiger partial charge in [0.2, 0.25) is 5.91 Å². The summed E-state index contributed by atoms with van der Waals surface area (Å²) in [6.07, 6.45) is -2.59. The minimum absolute atomic E-state index is 0.0515. The van der Waals surface area contributed by atoms with Gasteiger partial charge in [0, 0.05) is 23.9 Å². The molecule has 2 aliphatic heterocycles. The van der Waals surface area contributed by atoms with Gasteiger partial charge >= 0.3 is 6.18 Å². The van der Waals surface area contributed by atoms with Crippen LogP contribution in [0, 0.1) is 6.92 Å². The fourth-order valence-corrected chi connectivity index (χ4v) is 13.4. The predicted octanol–water partition coefficient (Wildman–Crippen LogP) is 19.3. The van der Waals surface area contributed by atoms with Gasteiger partial charge in [0.05, 0.1) is 32.6 Å². The molecule has 0 aliphatic carbocycles. The van der Waals surface area contributed by atoms with Crippen LogP contribution in [0.4, 0.5) is 18.9 Å². The van der Waals surface area contributed by atoms with E-state index in [-0.39, 0.29) is 28.0 Å². The Bertz CT molecular complexity index is 4170. The van der Waals surface area contributed by atoms with Gasteiger partial charge < -0.3 is 9.80 Å². The van der Waals surface area contributed by atoms with Crippen LogP contribution in [0.3, 0.4) is 0 Å². The van der Waals surface area contributed by atoms with Gasteiger partial charge in [-0.2, -0.15) is 13.2 Å². The Morgan fingerprint density at radius 3 is 1.04 bits per heavy atom. The molecule has 11 aromatic carbocycles. The van der Waals surface area contributed by atoms with Crippen molar-refractivity contribution in [3.05, 3.63) is 317 Å². The van der Waals surface area contributed by atoms with E-state index >= 15 is 13.2 Å². The Morgan fingerprint density at radius 1 is 0.376 bits per heavy atom. The molecule has 418 valence electrons. The number of hydrogen-bond donors (Lipinski definition) is 1. The van der Waals surface area contributed by atoms with Crippen LogP contribution < -0.4 is 5.32 Å². The predicted molar refractivity (Wildman–Crippen MR) is 342 cm³/mol. The van der Waals surface area contributed by atoms with Gasteiger partial charge in [-0.25, -0.2) is 0 Å². The summed E-state index contributed by atoms with van der Waals surface area (Å²) in [4.78, 5) is 13.2. The molecule has 0 saturated carbocycles. The molecule has 13 rings (SSSR count). The zero-order valence-corrected chi connectivity index (χ0v) is 48.3. The number of rotatable bonds is 12. The molecule has 2 unspecified atom stereocenters. The zero-order chi connectivity index (χ0) is 58.6. The Balaban J connectivity index is 0.728. The lowest BCUT2D eigenvalue weighted by atomic mass is 9.67. The van der Waals surface area contributed by atoms with Crippen LogP contribution in [-0.2, 0) is 21.0 Å². The van der Waals surface area contributed by atoms with Crippen LogP contribution in [0.1, 0.15) is 64.3 Å². The van der Waals surface area contributed by atoms with E-state index in [1.807, 2.05) is 91.9 Å². The van der Waals surface area contributed by atoms with Gasteiger partial charge in [0.15, 0.2) is 0 Å². The Morgan fingerprint density at radius 2 is 0.671 bits per heavy atom. The van der Waals surface area contributed by atoms with Crippen LogP contribution >= 0.6 is 0 Å². The third-order valence-electron chi connectivity index (χ3n) is 18.8. The minimum atomic E-state index is -4.69. The number of halogens is 3. The highest BCUT2D eigenvalue weighted by atomic mass is 19.4. The molecule has 1 amide bonds. The lowest BCUT2D eigenvalue weighted by molar-refractivity contribution is -0.896. The number of carbonyl (C=O) groups excluding carboxylic acids is 1. The average Bonchev–Trinajstić information content (AvgIpc) is 3.42. The number of nitrogens with one attached hydrogen (secondary N) is 1. The maximum atomic E-state index is 16.3. The normalized spacial score (nSPS) is 16.9. The summed E-state index contributed by atoms with van der Waals surface area (Å²) in [6, 6.07) is 90.2. The smallest absolute Gasteiger partial charge is 0.328 e. The molecule has 6 heteroatoms. The molecule has 0 bridgehead atoms. The summed E-state index contributed by atoms with van der Waals surface area (Å²) < 4.78 is 49.9. The number of likely N-dealkylation sites (tertiary alicyclic amines) is 1. The number of carbonyl (C=O) groups is 1. The van der Waals surface area contributed by atoms with Crippen LogP contribution in [0.2, 0.25) is 0 Å². The first-order valence-electron chi connectivity index (χ1n) is 29.4. The maximum absolute atomic E-state index is 16.3. The van der Waals surface area contributed by atoms with Gasteiger partial charge in [-0.3, -0.25) is 4.79 Å². The standard InChI is InChI=1S/C79H65F3N2O/c1-54-14-16-55(17-15-54)56-18-20-58(21-19-56)63-32-42-68(43-33-63)77(50-52-84(3,4)53-51-77)69-44-34-64(35-45-69)59-24-28-61(29-25-59)66-38-48-72(49-39-66)78(79(80,81)82,70-10-6-5-7-11-70)71-46-36-65(37-47-71)60-26-22-57(23-27-60)62-30-40-67(41-31-62)76(2)73-12-8-9-13-74(73)83-75(76)85/h5-49H,50-53H2,1-4H3/p+1. The highest BCUT2D eigenvalue weighted by Gasteiger charge is 2.58. The molecule has 0 spiro atoms. The number of alkyl halides is 3.